The molecule has 0 aromatic heterocycles. The first-order valence-corrected chi connectivity index (χ1v) is 10.5. The molecule has 1 aliphatic carbocycles. The Morgan fingerprint density at radius 2 is 1.86 bits per heavy atom. The van der Waals surface area contributed by atoms with Crippen LogP contribution in [-0.2, 0) is 19.6 Å². The smallest absolute Gasteiger partial charge is 0.341 e. The maximum Gasteiger partial charge on any atom is 0.341 e. The summed E-state index contributed by atoms with van der Waals surface area (Å²) < 4.78 is 44.6. The molecule has 1 amide bonds. The molecule has 0 aliphatic heterocycles. The molecular formula is C20H21FN2O5S. The number of halogens is 1. The number of benzene rings is 2. The van der Waals surface area contributed by atoms with Crippen LogP contribution in [0.15, 0.2) is 53.4 Å². The second-order valence-corrected chi connectivity index (χ2v) is 8.61. The number of sulfonamides is 1. The number of carbonyl (C=O) groups excluding carboxylic acids is 2. The van der Waals surface area contributed by atoms with Crippen molar-refractivity contribution >= 4 is 21.9 Å². The van der Waals surface area contributed by atoms with E-state index in [0.29, 0.717) is 5.92 Å². The summed E-state index contributed by atoms with van der Waals surface area (Å²) in [4.78, 5) is 24.2. The van der Waals surface area contributed by atoms with Gasteiger partial charge in [-0.25, -0.2) is 22.3 Å². The summed E-state index contributed by atoms with van der Waals surface area (Å²) in [6.07, 6.45) is 2.00. The lowest BCUT2D eigenvalue weighted by Gasteiger charge is -2.18. The lowest BCUT2D eigenvalue weighted by atomic mass is 10.0. The Morgan fingerprint density at radius 1 is 1.17 bits per heavy atom. The highest BCUT2D eigenvalue weighted by molar-refractivity contribution is 7.89. The van der Waals surface area contributed by atoms with Crippen molar-refractivity contribution in [2.75, 3.05) is 13.7 Å². The topological polar surface area (TPSA) is 102 Å². The molecule has 1 atom stereocenters. The molecule has 0 bridgehead atoms. The minimum Gasteiger partial charge on any atom is -0.452 e. The molecule has 0 spiro atoms. The molecule has 29 heavy (non-hydrogen) atoms. The first-order valence-electron chi connectivity index (χ1n) is 9.06. The second kappa shape index (κ2) is 8.71. The number of ether oxygens (including phenoxy) is 1. The van der Waals surface area contributed by atoms with Crippen molar-refractivity contribution < 1.29 is 27.1 Å². The number of rotatable bonds is 8. The predicted octanol–water partition coefficient (Wildman–Crippen LogP) is 2.16. The number of amides is 1. The third-order valence-corrected chi connectivity index (χ3v) is 6.05. The van der Waals surface area contributed by atoms with Gasteiger partial charge in [0, 0.05) is 0 Å². The van der Waals surface area contributed by atoms with Crippen molar-refractivity contribution in [1.29, 1.82) is 0 Å². The van der Waals surface area contributed by atoms with Crippen molar-refractivity contribution in [3.8, 4) is 0 Å². The van der Waals surface area contributed by atoms with E-state index in [4.69, 9.17) is 4.74 Å². The Kier molecular flexibility index (Phi) is 6.29. The maximum atomic E-state index is 14.0. The molecule has 1 fully saturated rings. The van der Waals surface area contributed by atoms with Gasteiger partial charge in [-0.1, -0.05) is 30.3 Å². The van der Waals surface area contributed by atoms with Gasteiger partial charge < -0.3 is 10.1 Å². The monoisotopic (exact) mass is 420 g/mol. The van der Waals surface area contributed by atoms with Gasteiger partial charge >= 0.3 is 5.97 Å². The number of hydrogen-bond acceptors (Lipinski definition) is 5. The van der Waals surface area contributed by atoms with E-state index in [1.807, 2.05) is 30.3 Å². The van der Waals surface area contributed by atoms with Crippen LogP contribution in [0.5, 0.6) is 0 Å². The molecule has 154 valence electrons. The van der Waals surface area contributed by atoms with Crippen LogP contribution in [0.4, 0.5) is 4.39 Å². The molecule has 0 heterocycles. The first-order chi connectivity index (χ1) is 13.8. The van der Waals surface area contributed by atoms with Crippen molar-refractivity contribution in [2.24, 2.45) is 5.92 Å². The van der Waals surface area contributed by atoms with E-state index in [1.165, 1.54) is 7.05 Å². The van der Waals surface area contributed by atoms with Gasteiger partial charge in [0.15, 0.2) is 6.61 Å². The molecule has 3 rings (SSSR count). The molecule has 2 aromatic carbocycles. The van der Waals surface area contributed by atoms with E-state index >= 15 is 0 Å². The van der Waals surface area contributed by atoms with Crippen molar-refractivity contribution in [1.82, 2.24) is 10.0 Å². The summed E-state index contributed by atoms with van der Waals surface area (Å²) in [6, 6.07) is 12.1. The van der Waals surface area contributed by atoms with Crippen LogP contribution in [0.2, 0.25) is 0 Å². The molecular weight excluding hydrogens is 399 g/mol. The second-order valence-electron chi connectivity index (χ2n) is 6.72. The summed E-state index contributed by atoms with van der Waals surface area (Å²) in [5, 5.41) is 2.85. The van der Waals surface area contributed by atoms with E-state index in [9.17, 15) is 22.4 Å². The Morgan fingerprint density at radius 3 is 2.48 bits per heavy atom. The first kappa shape index (κ1) is 20.9. The van der Waals surface area contributed by atoms with Crippen LogP contribution in [0.25, 0.3) is 0 Å². The summed E-state index contributed by atoms with van der Waals surface area (Å²) in [5.74, 6) is -2.24. The minimum atomic E-state index is -3.86. The Labute approximate surface area is 168 Å². The van der Waals surface area contributed by atoms with Gasteiger partial charge in [-0.15, -0.1) is 0 Å². The van der Waals surface area contributed by atoms with Crippen molar-refractivity contribution in [3.05, 3.63) is 65.5 Å². The SMILES string of the molecule is CNS(=O)(=O)c1ccc(F)c(C(=O)OCC(=O)NC(c2ccccc2)C2CC2)c1. The van der Waals surface area contributed by atoms with Crippen LogP contribution in [0, 0.1) is 11.7 Å². The van der Waals surface area contributed by atoms with Crippen LogP contribution < -0.4 is 10.0 Å². The van der Waals surface area contributed by atoms with Crippen molar-refractivity contribution in [2.45, 2.75) is 23.8 Å². The number of nitrogens with one attached hydrogen (secondary N) is 2. The van der Waals surface area contributed by atoms with Gasteiger partial charge in [0.25, 0.3) is 5.91 Å². The summed E-state index contributed by atoms with van der Waals surface area (Å²) in [5.41, 5.74) is 0.404. The summed E-state index contributed by atoms with van der Waals surface area (Å²) in [7, 11) is -2.66. The van der Waals surface area contributed by atoms with Gasteiger partial charge in [0.05, 0.1) is 16.5 Å². The quantitative estimate of drug-likeness (QED) is 0.638. The van der Waals surface area contributed by atoms with Gasteiger partial charge in [0.1, 0.15) is 5.82 Å². The molecule has 1 aliphatic rings. The van der Waals surface area contributed by atoms with E-state index in [0.717, 1.165) is 36.6 Å². The average Bonchev–Trinajstić information content (AvgIpc) is 3.56. The summed E-state index contributed by atoms with van der Waals surface area (Å²) in [6.45, 7) is -0.600. The number of esters is 1. The standard InChI is InChI=1S/C20H21FN2O5S/c1-22-29(26,27)15-9-10-17(21)16(11-15)20(25)28-12-18(24)23-19(14-7-8-14)13-5-3-2-4-6-13/h2-6,9-11,14,19,22H,7-8,12H2,1H3,(H,23,24). The highest BCUT2D eigenvalue weighted by Crippen LogP contribution is 2.40. The average molecular weight is 420 g/mol. The Hall–Kier alpha value is -2.78. The molecule has 2 aromatic rings. The van der Waals surface area contributed by atoms with Crippen LogP contribution >= 0.6 is 0 Å². The Bertz CT molecular complexity index is 1010. The lowest BCUT2D eigenvalue weighted by Crippen LogP contribution is -2.33. The van der Waals surface area contributed by atoms with Crippen LogP contribution in [-0.4, -0.2) is 33.9 Å². The fraction of sp³-hybridized carbons (Fsp3) is 0.300. The summed E-state index contributed by atoms with van der Waals surface area (Å²) >= 11 is 0. The van der Waals surface area contributed by atoms with Gasteiger partial charge in [-0.3, -0.25) is 4.79 Å². The van der Waals surface area contributed by atoms with Crippen LogP contribution in [0.1, 0.15) is 34.8 Å². The third kappa shape index (κ3) is 5.18. The van der Waals surface area contributed by atoms with E-state index in [1.54, 1.807) is 0 Å². The van der Waals surface area contributed by atoms with E-state index in [-0.39, 0.29) is 10.9 Å². The maximum absolute atomic E-state index is 14.0. The molecule has 0 saturated heterocycles. The molecule has 1 saturated carbocycles. The fourth-order valence-corrected chi connectivity index (χ4v) is 3.69. The van der Waals surface area contributed by atoms with Crippen LogP contribution in [0.3, 0.4) is 0 Å². The zero-order valence-electron chi connectivity index (χ0n) is 15.7. The largest absolute Gasteiger partial charge is 0.452 e. The molecule has 9 heteroatoms. The lowest BCUT2D eigenvalue weighted by molar-refractivity contribution is -0.125. The Balaban J connectivity index is 1.64. The van der Waals surface area contributed by atoms with Gasteiger partial charge in [-0.2, -0.15) is 0 Å². The zero-order chi connectivity index (χ0) is 21.0. The highest BCUT2D eigenvalue weighted by atomic mass is 32.2. The zero-order valence-corrected chi connectivity index (χ0v) is 16.5. The number of hydrogen-bond donors (Lipinski definition) is 2. The normalized spacial score (nSPS) is 14.8. The molecule has 0 radical (unpaired) electrons. The molecule has 1 unspecified atom stereocenters. The molecule has 7 nitrogen and oxygen atoms in total. The third-order valence-electron chi connectivity index (χ3n) is 4.64. The van der Waals surface area contributed by atoms with Gasteiger partial charge in [-0.05, 0) is 49.6 Å². The number of carbonyl (C=O) groups is 2. The predicted molar refractivity (Wildman–Crippen MR) is 103 cm³/mol. The minimum absolute atomic E-state index is 0.178. The fourth-order valence-electron chi connectivity index (χ4n) is 2.93. The van der Waals surface area contributed by atoms with E-state index < -0.39 is 39.9 Å². The van der Waals surface area contributed by atoms with Crippen molar-refractivity contribution in [3.63, 3.8) is 0 Å². The van der Waals surface area contributed by atoms with E-state index in [2.05, 4.69) is 10.0 Å². The van der Waals surface area contributed by atoms with Gasteiger partial charge in [0.2, 0.25) is 10.0 Å². The highest BCUT2D eigenvalue weighted by Gasteiger charge is 2.33. The molecule has 2 N–H and O–H groups in total.